The van der Waals surface area contributed by atoms with Crippen LogP contribution in [0.3, 0.4) is 0 Å². The van der Waals surface area contributed by atoms with Crippen molar-refractivity contribution in [2.45, 2.75) is 23.9 Å². The Morgan fingerprint density at radius 2 is 2.12 bits per heavy atom. The lowest BCUT2D eigenvalue weighted by molar-refractivity contribution is -0.139. The zero-order chi connectivity index (χ0) is 12.6. The molecule has 0 saturated heterocycles. The zero-order valence-electron chi connectivity index (χ0n) is 9.25. The van der Waals surface area contributed by atoms with Crippen LogP contribution in [-0.2, 0) is 14.6 Å². The van der Waals surface area contributed by atoms with Crippen molar-refractivity contribution in [3.63, 3.8) is 0 Å². The molecule has 17 heavy (non-hydrogen) atoms. The number of hydrogen-bond acceptors (Lipinski definition) is 4. The Balaban J connectivity index is 2.33. The van der Waals surface area contributed by atoms with Crippen LogP contribution in [0.1, 0.15) is 18.5 Å². The molecule has 1 heterocycles. The molecule has 0 spiro atoms. The molecule has 1 aliphatic rings. The van der Waals surface area contributed by atoms with Gasteiger partial charge in [-0.3, -0.25) is 10.1 Å². The molecule has 0 bridgehead atoms. The molecule has 6 heteroatoms. The van der Waals surface area contributed by atoms with Crippen LogP contribution in [0.25, 0.3) is 0 Å². The number of carboxylic acid groups (broad SMARTS) is 1. The van der Waals surface area contributed by atoms with Gasteiger partial charge in [0.05, 0.1) is 10.6 Å². The van der Waals surface area contributed by atoms with Crippen LogP contribution in [0.4, 0.5) is 0 Å². The molecular weight excluding hydrogens is 242 g/mol. The van der Waals surface area contributed by atoms with Gasteiger partial charge in [0, 0.05) is 6.04 Å². The molecule has 1 aliphatic heterocycles. The first-order valence-electron chi connectivity index (χ1n) is 5.22. The first kappa shape index (κ1) is 12.1. The highest BCUT2D eigenvalue weighted by Gasteiger charge is 2.35. The molecular formula is C11H13NO4S. The number of fused-ring (bicyclic) bond motifs is 1. The normalized spacial score (nSPS) is 23.0. The minimum absolute atomic E-state index is 0.0794. The van der Waals surface area contributed by atoms with Crippen molar-refractivity contribution in [1.82, 2.24) is 5.32 Å². The van der Waals surface area contributed by atoms with Crippen LogP contribution in [0, 0.1) is 0 Å². The Bertz CT molecular complexity index is 552. The molecule has 5 nitrogen and oxygen atoms in total. The molecule has 2 rings (SSSR count). The first-order chi connectivity index (χ1) is 7.92. The molecule has 2 atom stereocenters. The first-order valence-corrected chi connectivity index (χ1v) is 6.87. The van der Waals surface area contributed by atoms with Gasteiger partial charge in [-0.25, -0.2) is 8.42 Å². The van der Waals surface area contributed by atoms with E-state index in [2.05, 4.69) is 5.32 Å². The summed E-state index contributed by atoms with van der Waals surface area (Å²) in [4.78, 5) is 11.0. The quantitative estimate of drug-likeness (QED) is 0.825. The van der Waals surface area contributed by atoms with E-state index in [4.69, 9.17) is 5.11 Å². The number of carbonyl (C=O) groups is 1. The number of carboxylic acids is 1. The van der Waals surface area contributed by atoms with Crippen LogP contribution in [-0.4, -0.2) is 31.3 Å². The van der Waals surface area contributed by atoms with Gasteiger partial charge >= 0.3 is 5.97 Å². The smallest absolute Gasteiger partial charge is 0.320 e. The number of hydrogen-bond donors (Lipinski definition) is 2. The molecule has 0 saturated carbocycles. The van der Waals surface area contributed by atoms with Crippen molar-refractivity contribution in [3.8, 4) is 0 Å². The molecule has 92 valence electrons. The van der Waals surface area contributed by atoms with Gasteiger partial charge < -0.3 is 5.11 Å². The maximum atomic E-state index is 11.8. The van der Waals surface area contributed by atoms with Gasteiger partial charge in [0.1, 0.15) is 6.04 Å². The lowest BCUT2D eigenvalue weighted by Gasteiger charge is -2.15. The number of benzene rings is 1. The van der Waals surface area contributed by atoms with E-state index in [1.54, 1.807) is 24.3 Å². The van der Waals surface area contributed by atoms with Crippen molar-refractivity contribution in [2.75, 3.05) is 5.75 Å². The van der Waals surface area contributed by atoms with Gasteiger partial charge in [0.25, 0.3) is 0 Å². The molecule has 1 aromatic carbocycles. The fourth-order valence-electron chi connectivity index (χ4n) is 1.96. The third-order valence-corrected chi connectivity index (χ3v) is 4.65. The second kappa shape index (κ2) is 4.12. The Morgan fingerprint density at radius 1 is 1.47 bits per heavy atom. The summed E-state index contributed by atoms with van der Waals surface area (Å²) in [7, 11) is -3.28. The molecule has 1 aromatic rings. The van der Waals surface area contributed by atoms with Gasteiger partial charge in [-0.05, 0) is 18.6 Å². The average Bonchev–Trinajstić information content (AvgIpc) is 2.51. The molecule has 0 aromatic heterocycles. The van der Waals surface area contributed by atoms with Gasteiger partial charge in [0.2, 0.25) is 0 Å². The maximum absolute atomic E-state index is 11.8. The fraction of sp³-hybridized carbons (Fsp3) is 0.364. The standard InChI is InChI=1S/C11H13NO4S/c1-7(11(13)14)12-9-6-17(15,16)10-5-3-2-4-8(9)10/h2-5,7,9,12H,6H2,1H3,(H,13,14)/t7-,9?/m0/s1. The summed E-state index contributed by atoms with van der Waals surface area (Å²) >= 11 is 0. The molecule has 1 unspecified atom stereocenters. The molecule has 0 radical (unpaired) electrons. The van der Waals surface area contributed by atoms with Crippen molar-refractivity contribution < 1.29 is 18.3 Å². The van der Waals surface area contributed by atoms with Crippen LogP contribution >= 0.6 is 0 Å². The minimum Gasteiger partial charge on any atom is -0.480 e. The Labute approximate surface area is 99.4 Å². The van der Waals surface area contributed by atoms with Gasteiger partial charge in [-0.1, -0.05) is 18.2 Å². The van der Waals surface area contributed by atoms with E-state index >= 15 is 0 Å². The lowest BCUT2D eigenvalue weighted by Crippen LogP contribution is -2.37. The monoisotopic (exact) mass is 255 g/mol. The lowest BCUT2D eigenvalue weighted by atomic mass is 10.1. The second-order valence-corrected chi connectivity index (χ2v) is 6.10. The minimum atomic E-state index is -3.28. The highest BCUT2D eigenvalue weighted by molar-refractivity contribution is 7.91. The number of sulfone groups is 1. The van der Waals surface area contributed by atoms with E-state index in [0.29, 0.717) is 10.5 Å². The van der Waals surface area contributed by atoms with E-state index in [-0.39, 0.29) is 5.75 Å². The van der Waals surface area contributed by atoms with Crippen LogP contribution in [0.2, 0.25) is 0 Å². The summed E-state index contributed by atoms with van der Waals surface area (Å²) in [5.74, 6) is -1.07. The van der Waals surface area contributed by atoms with Gasteiger partial charge in [0.15, 0.2) is 9.84 Å². The molecule has 0 fully saturated rings. The highest BCUT2D eigenvalue weighted by atomic mass is 32.2. The zero-order valence-corrected chi connectivity index (χ0v) is 10.1. The third kappa shape index (κ3) is 2.18. The van der Waals surface area contributed by atoms with Crippen molar-refractivity contribution in [2.24, 2.45) is 0 Å². The van der Waals surface area contributed by atoms with Crippen molar-refractivity contribution in [3.05, 3.63) is 29.8 Å². The van der Waals surface area contributed by atoms with E-state index in [1.807, 2.05) is 0 Å². The summed E-state index contributed by atoms with van der Waals surface area (Å²) in [5.41, 5.74) is 0.653. The SMILES string of the molecule is C[C@H](NC1CS(=O)(=O)c2ccccc21)C(=O)O. The predicted octanol–water partition coefficient (Wildman–Crippen LogP) is 0.578. The predicted molar refractivity (Wildman–Crippen MR) is 61.5 cm³/mol. The van der Waals surface area contributed by atoms with Crippen molar-refractivity contribution in [1.29, 1.82) is 0 Å². The van der Waals surface area contributed by atoms with E-state index in [1.165, 1.54) is 6.92 Å². The average molecular weight is 255 g/mol. The van der Waals surface area contributed by atoms with E-state index in [0.717, 1.165) is 0 Å². The Kier molecular flexibility index (Phi) is 2.92. The number of rotatable bonds is 3. The Hall–Kier alpha value is -1.40. The summed E-state index contributed by atoms with van der Waals surface area (Å²) < 4.78 is 23.7. The molecule has 2 N–H and O–H groups in total. The maximum Gasteiger partial charge on any atom is 0.320 e. The van der Waals surface area contributed by atoms with Gasteiger partial charge in [-0.15, -0.1) is 0 Å². The van der Waals surface area contributed by atoms with Crippen LogP contribution in [0.15, 0.2) is 29.2 Å². The van der Waals surface area contributed by atoms with E-state index < -0.39 is 27.9 Å². The largest absolute Gasteiger partial charge is 0.480 e. The van der Waals surface area contributed by atoms with Crippen LogP contribution in [0.5, 0.6) is 0 Å². The topological polar surface area (TPSA) is 83.5 Å². The van der Waals surface area contributed by atoms with E-state index in [9.17, 15) is 13.2 Å². The summed E-state index contributed by atoms with van der Waals surface area (Å²) in [6.07, 6.45) is 0. The highest BCUT2D eigenvalue weighted by Crippen LogP contribution is 2.33. The number of aliphatic carboxylic acids is 1. The third-order valence-electron chi connectivity index (χ3n) is 2.84. The van der Waals surface area contributed by atoms with Crippen molar-refractivity contribution >= 4 is 15.8 Å². The van der Waals surface area contributed by atoms with Gasteiger partial charge in [-0.2, -0.15) is 0 Å². The summed E-state index contributed by atoms with van der Waals surface area (Å²) in [5, 5.41) is 11.6. The molecule has 0 aliphatic carbocycles. The Morgan fingerprint density at radius 3 is 2.76 bits per heavy atom. The summed E-state index contributed by atoms with van der Waals surface area (Å²) in [6.45, 7) is 1.50. The summed E-state index contributed by atoms with van der Waals surface area (Å²) in [6, 6.07) is 5.46. The fourth-order valence-corrected chi connectivity index (χ4v) is 3.71. The second-order valence-electron chi connectivity index (χ2n) is 4.10. The number of nitrogens with one attached hydrogen (secondary N) is 1. The van der Waals surface area contributed by atoms with Crippen LogP contribution < -0.4 is 5.32 Å². The molecule has 0 amide bonds.